The van der Waals surface area contributed by atoms with Gasteiger partial charge in [-0.05, 0) is 89.8 Å². The average molecular weight is 463 g/mol. The van der Waals surface area contributed by atoms with Crippen molar-refractivity contribution in [1.29, 1.82) is 0 Å². The molecule has 1 spiro atoms. The van der Waals surface area contributed by atoms with Crippen LogP contribution in [0, 0.1) is 19.3 Å². The molecule has 0 aliphatic carbocycles. The Morgan fingerprint density at radius 3 is 2.35 bits per heavy atom. The molecule has 34 heavy (non-hydrogen) atoms. The van der Waals surface area contributed by atoms with Gasteiger partial charge in [0.1, 0.15) is 0 Å². The number of anilines is 1. The Morgan fingerprint density at radius 1 is 0.971 bits per heavy atom. The van der Waals surface area contributed by atoms with Crippen LogP contribution >= 0.6 is 0 Å². The van der Waals surface area contributed by atoms with Gasteiger partial charge in [-0.25, -0.2) is 4.79 Å². The predicted octanol–water partition coefficient (Wildman–Crippen LogP) is 4.26. The summed E-state index contributed by atoms with van der Waals surface area (Å²) in [5.74, 6) is -0.820. The number of nitrogens with zero attached hydrogens (tertiary/aromatic N) is 3. The number of amides is 4. The molecule has 4 heterocycles. The molecule has 2 fully saturated rings. The van der Waals surface area contributed by atoms with Gasteiger partial charge in [-0.1, -0.05) is 12.8 Å². The van der Waals surface area contributed by atoms with Crippen molar-refractivity contribution in [2.24, 2.45) is 5.41 Å². The van der Waals surface area contributed by atoms with Crippen molar-refractivity contribution < 1.29 is 14.4 Å². The molecule has 180 valence electrons. The number of aromatic nitrogens is 1. The summed E-state index contributed by atoms with van der Waals surface area (Å²) in [5, 5.41) is 2.57. The van der Waals surface area contributed by atoms with E-state index >= 15 is 0 Å². The van der Waals surface area contributed by atoms with E-state index in [4.69, 9.17) is 0 Å². The number of hydrogen-bond acceptors (Lipinski definition) is 4. The first-order valence-corrected chi connectivity index (χ1v) is 12.3. The summed E-state index contributed by atoms with van der Waals surface area (Å²) in [6.45, 7) is 10.5. The summed E-state index contributed by atoms with van der Waals surface area (Å²) in [6.07, 6.45) is 4.09. The minimum Gasteiger partial charge on any atom is -0.367 e. The van der Waals surface area contributed by atoms with Crippen molar-refractivity contribution in [2.45, 2.75) is 78.3 Å². The summed E-state index contributed by atoms with van der Waals surface area (Å²) in [6, 6.07) is 9.69. The molecule has 1 aromatic heterocycles. The number of barbiturate groups is 1. The molecule has 7 heteroatoms. The van der Waals surface area contributed by atoms with Gasteiger partial charge in [-0.2, -0.15) is 0 Å². The van der Waals surface area contributed by atoms with E-state index in [1.807, 2.05) is 20.8 Å². The Balaban J connectivity index is 1.70. The van der Waals surface area contributed by atoms with Gasteiger partial charge in [-0.3, -0.25) is 19.8 Å². The molecular formula is C27H34N4O3. The fraction of sp³-hybridized carbons (Fsp3) is 0.519. The summed E-state index contributed by atoms with van der Waals surface area (Å²) in [4.78, 5) is 44.2. The highest BCUT2D eigenvalue weighted by atomic mass is 16.2. The number of rotatable bonds is 1. The Kier molecular flexibility index (Phi) is 5.15. The number of carbonyl (C=O) groups is 3. The van der Waals surface area contributed by atoms with E-state index in [2.05, 4.69) is 59.0 Å². The highest BCUT2D eigenvalue weighted by molar-refractivity contribution is 6.20. The molecule has 2 atom stereocenters. The lowest BCUT2D eigenvalue weighted by Gasteiger charge is -2.53. The number of fused-ring (bicyclic) bond motifs is 4. The van der Waals surface area contributed by atoms with Crippen molar-refractivity contribution in [2.75, 3.05) is 11.4 Å². The molecule has 4 amide bonds. The minimum atomic E-state index is -1.32. The molecule has 0 radical (unpaired) electrons. The fourth-order valence-corrected chi connectivity index (χ4v) is 6.25. The van der Waals surface area contributed by atoms with Gasteiger partial charge in [-0.15, -0.1) is 0 Å². The van der Waals surface area contributed by atoms with E-state index in [1.165, 1.54) is 4.90 Å². The number of carbonyl (C=O) groups excluding carboxylic acids is 3. The molecule has 2 aromatic rings. The zero-order valence-corrected chi connectivity index (χ0v) is 20.8. The Morgan fingerprint density at radius 2 is 1.68 bits per heavy atom. The highest BCUT2D eigenvalue weighted by Gasteiger charge is 2.63. The zero-order chi connectivity index (χ0) is 24.4. The van der Waals surface area contributed by atoms with Gasteiger partial charge >= 0.3 is 6.03 Å². The molecule has 5 rings (SSSR count). The Bertz CT molecular complexity index is 1170. The zero-order valence-electron chi connectivity index (χ0n) is 20.8. The molecule has 2 saturated heterocycles. The standard InChI is InChI=1S/C27H34N4O3/c1-17-10-11-18(2)30(17)20-12-13-21-19(15-20)16-27(22-9-7-6-8-14-29(21)22)23(32)28-25(34)31(24(27)33)26(3,4)5/h10-13,15,22H,6-9,14,16H2,1-5H3,(H,28,32,34)/t22-,27+/m0/s1. The normalized spacial score (nSPS) is 25.2. The lowest BCUT2D eigenvalue weighted by Crippen LogP contribution is -2.74. The fourth-order valence-electron chi connectivity index (χ4n) is 6.25. The molecular weight excluding hydrogens is 428 g/mol. The van der Waals surface area contributed by atoms with Gasteiger partial charge < -0.3 is 9.47 Å². The molecule has 7 nitrogen and oxygen atoms in total. The summed E-state index contributed by atoms with van der Waals surface area (Å²) in [7, 11) is 0. The quantitative estimate of drug-likeness (QED) is 0.643. The van der Waals surface area contributed by atoms with E-state index in [0.717, 1.165) is 60.6 Å². The smallest absolute Gasteiger partial charge is 0.331 e. The highest BCUT2D eigenvalue weighted by Crippen LogP contribution is 2.48. The number of urea groups is 1. The Labute approximate surface area is 201 Å². The largest absolute Gasteiger partial charge is 0.367 e. The lowest BCUT2D eigenvalue weighted by molar-refractivity contribution is -0.156. The van der Waals surface area contributed by atoms with Gasteiger partial charge in [0.2, 0.25) is 11.8 Å². The second-order valence-electron chi connectivity index (χ2n) is 11.0. The van der Waals surface area contributed by atoms with Crippen LogP contribution in [0.5, 0.6) is 0 Å². The van der Waals surface area contributed by atoms with Crippen molar-refractivity contribution in [3.63, 3.8) is 0 Å². The molecule has 1 N–H and O–H groups in total. The van der Waals surface area contributed by atoms with E-state index < -0.39 is 22.9 Å². The lowest BCUT2D eigenvalue weighted by atomic mass is 9.67. The topological polar surface area (TPSA) is 74.6 Å². The van der Waals surface area contributed by atoms with Crippen LogP contribution in [0.1, 0.15) is 63.4 Å². The number of hydrogen-bond donors (Lipinski definition) is 1. The van der Waals surface area contributed by atoms with Crippen molar-refractivity contribution in [3.05, 3.63) is 47.3 Å². The third-order valence-corrected chi connectivity index (χ3v) is 7.78. The summed E-state index contributed by atoms with van der Waals surface area (Å²) in [5.41, 5.74) is 3.32. The molecule has 1 aromatic carbocycles. The third-order valence-electron chi connectivity index (χ3n) is 7.78. The van der Waals surface area contributed by atoms with Crippen LogP contribution in [0.2, 0.25) is 0 Å². The summed E-state index contributed by atoms with van der Waals surface area (Å²) < 4.78 is 2.19. The second-order valence-corrected chi connectivity index (χ2v) is 11.0. The van der Waals surface area contributed by atoms with Gasteiger partial charge in [0.15, 0.2) is 5.41 Å². The Hall–Kier alpha value is -3.09. The van der Waals surface area contributed by atoms with Crippen LogP contribution in [0.4, 0.5) is 10.5 Å². The van der Waals surface area contributed by atoms with Crippen LogP contribution in [0.15, 0.2) is 30.3 Å². The van der Waals surface area contributed by atoms with Crippen LogP contribution in [-0.2, 0) is 16.0 Å². The van der Waals surface area contributed by atoms with Crippen molar-refractivity contribution in [3.8, 4) is 5.69 Å². The first kappa shape index (κ1) is 22.7. The first-order chi connectivity index (χ1) is 16.1. The summed E-state index contributed by atoms with van der Waals surface area (Å²) >= 11 is 0. The average Bonchev–Trinajstić information content (AvgIpc) is 2.94. The van der Waals surface area contributed by atoms with E-state index in [0.29, 0.717) is 6.42 Å². The maximum atomic E-state index is 14.2. The van der Waals surface area contributed by atoms with E-state index in [1.54, 1.807) is 0 Å². The first-order valence-electron chi connectivity index (χ1n) is 12.3. The van der Waals surface area contributed by atoms with Gasteiger partial charge in [0.05, 0.1) is 6.04 Å². The second kappa shape index (κ2) is 7.72. The number of imide groups is 2. The van der Waals surface area contributed by atoms with Crippen LogP contribution < -0.4 is 10.2 Å². The number of aryl methyl sites for hydroxylation is 2. The van der Waals surface area contributed by atoms with Crippen molar-refractivity contribution >= 4 is 23.5 Å². The predicted molar refractivity (Wildman–Crippen MR) is 131 cm³/mol. The van der Waals surface area contributed by atoms with Crippen molar-refractivity contribution in [1.82, 2.24) is 14.8 Å². The molecule has 3 aliphatic rings. The monoisotopic (exact) mass is 462 g/mol. The van der Waals surface area contributed by atoms with Crippen LogP contribution in [0.25, 0.3) is 5.69 Å². The van der Waals surface area contributed by atoms with E-state index in [-0.39, 0.29) is 11.9 Å². The van der Waals surface area contributed by atoms with Gasteiger partial charge in [0.25, 0.3) is 0 Å². The van der Waals surface area contributed by atoms with Crippen LogP contribution in [0.3, 0.4) is 0 Å². The maximum Gasteiger partial charge on any atom is 0.331 e. The molecule has 0 bridgehead atoms. The minimum absolute atomic E-state index is 0.270. The molecule has 0 unspecified atom stereocenters. The van der Waals surface area contributed by atoms with E-state index in [9.17, 15) is 14.4 Å². The number of benzene rings is 1. The SMILES string of the molecule is Cc1ccc(C)n1-c1ccc2c(c1)C[C@]1(C(=O)NC(=O)N(C(C)(C)C)C1=O)[C@@H]1CCCCCN21. The molecule has 3 aliphatic heterocycles. The maximum absolute atomic E-state index is 14.2. The van der Waals surface area contributed by atoms with Crippen LogP contribution in [-0.4, -0.2) is 45.4 Å². The molecule has 0 saturated carbocycles. The van der Waals surface area contributed by atoms with Gasteiger partial charge in [0, 0.05) is 34.8 Å². The number of nitrogens with one attached hydrogen (secondary N) is 1. The third kappa shape index (κ3) is 3.20.